The highest BCUT2D eigenvalue weighted by atomic mass is 16.6. The van der Waals surface area contributed by atoms with Crippen molar-refractivity contribution < 1.29 is 9.66 Å². The van der Waals surface area contributed by atoms with E-state index in [1.165, 1.54) is 6.07 Å². The van der Waals surface area contributed by atoms with Crippen LogP contribution in [-0.4, -0.2) is 16.5 Å². The molecule has 0 bridgehead atoms. The minimum Gasteiger partial charge on any atom is -0.456 e. The van der Waals surface area contributed by atoms with Gasteiger partial charge in [0, 0.05) is 24.4 Å². The van der Waals surface area contributed by atoms with Gasteiger partial charge in [-0.05, 0) is 37.2 Å². The Balaban J connectivity index is 2.14. The van der Waals surface area contributed by atoms with Crippen molar-refractivity contribution in [2.75, 3.05) is 6.54 Å². The maximum absolute atomic E-state index is 10.8. The highest BCUT2D eigenvalue weighted by Crippen LogP contribution is 2.27. The second kappa shape index (κ2) is 6.81. The standard InChI is InChI=1S/C15H17N3O3/c1-3-16-8-12-7-14(10-17-9-12)21-13-4-5-15(18(19)20)11(2)6-13/h4-7,9-10,16H,3,8H2,1-2H3. The fourth-order valence-corrected chi connectivity index (χ4v) is 1.92. The number of rotatable bonds is 6. The molecule has 0 amide bonds. The molecule has 6 nitrogen and oxygen atoms in total. The van der Waals surface area contributed by atoms with Crippen LogP contribution in [0.1, 0.15) is 18.1 Å². The Hall–Kier alpha value is -2.47. The van der Waals surface area contributed by atoms with Crippen LogP contribution in [0.15, 0.2) is 36.7 Å². The Morgan fingerprint density at radius 3 is 2.76 bits per heavy atom. The number of nitrogens with zero attached hydrogens (tertiary/aromatic N) is 2. The second-order valence-electron chi connectivity index (χ2n) is 4.62. The van der Waals surface area contributed by atoms with Crippen LogP contribution >= 0.6 is 0 Å². The molecular formula is C15H17N3O3. The minimum absolute atomic E-state index is 0.0846. The molecule has 0 aliphatic rings. The molecule has 6 heteroatoms. The molecule has 0 spiro atoms. The molecule has 0 fully saturated rings. The quantitative estimate of drug-likeness (QED) is 0.652. The lowest BCUT2D eigenvalue weighted by Crippen LogP contribution is -2.11. The molecule has 1 aromatic carbocycles. The number of nitrogens with one attached hydrogen (secondary N) is 1. The van der Waals surface area contributed by atoms with Gasteiger partial charge in [-0.25, -0.2) is 0 Å². The van der Waals surface area contributed by atoms with E-state index < -0.39 is 4.92 Å². The van der Waals surface area contributed by atoms with Crippen LogP contribution in [0.4, 0.5) is 5.69 Å². The zero-order valence-corrected chi connectivity index (χ0v) is 12.0. The van der Waals surface area contributed by atoms with Crippen molar-refractivity contribution in [3.8, 4) is 11.5 Å². The molecule has 0 aliphatic carbocycles. The average molecular weight is 287 g/mol. The van der Waals surface area contributed by atoms with Gasteiger partial charge in [0.25, 0.3) is 5.69 Å². The molecule has 1 aromatic heterocycles. The Morgan fingerprint density at radius 2 is 2.10 bits per heavy atom. The summed E-state index contributed by atoms with van der Waals surface area (Å²) in [5.41, 5.74) is 1.67. The summed E-state index contributed by atoms with van der Waals surface area (Å²) >= 11 is 0. The first-order valence-electron chi connectivity index (χ1n) is 6.67. The van der Waals surface area contributed by atoms with E-state index in [0.29, 0.717) is 17.1 Å². The fraction of sp³-hybridized carbons (Fsp3) is 0.267. The van der Waals surface area contributed by atoms with Crippen LogP contribution in [-0.2, 0) is 6.54 Å². The van der Waals surface area contributed by atoms with Crippen LogP contribution < -0.4 is 10.1 Å². The van der Waals surface area contributed by atoms with Crippen LogP contribution in [0.5, 0.6) is 11.5 Å². The Labute approximate surface area is 122 Å². The molecular weight excluding hydrogens is 270 g/mol. The van der Waals surface area contributed by atoms with Gasteiger partial charge < -0.3 is 10.1 Å². The number of hydrogen-bond donors (Lipinski definition) is 1. The number of hydrogen-bond acceptors (Lipinski definition) is 5. The first-order valence-corrected chi connectivity index (χ1v) is 6.67. The Morgan fingerprint density at radius 1 is 1.29 bits per heavy atom. The summed E-state index contributed by atoms with van der Waals surface area (Å²) in [6, 6.07) is 6.57. The van der Waals surface area contributed by atoms with Crippen LogP contribution in [0.25, 0.3) is 0 Å². The smallest absolute Gasteiger partial charge is 0.272 e. The molecule has 1 heterocycles. The monoisotopic (exact) mass is 287 g/mol. The largest absolute Gasteiger partial charge is 0.456 e. The van der Waals surface area contributed by atoms with Crippen molar-refractivity contribution in [2.24, 2.45) is 0 Å². The lowest BCUT2D eigenvalue weighted by molar-refractivity contribution is -0.385. The van der Waals surface area contributed by atoms with Gasteiger partial charge in [0.2, 0.25) is 0 Å². The third-order valence-corrected chi connectivity index (χ3v) is 2.95. The van der Waals surface area contributed by atoms with Gasteiger partial charge in [0.1, 0.15) is 11.5 Å². The lowest BCUT2D eigenvalue weighted by atomic mass is 10.2. The topological polar surface area (TPSA) is 77.3 Å². The minimum atomic E-state index is -0.405. The number of nitro benzene ring substituents is 1. The average Bonchev–Trinajstić information content (AvgIpc) is 2.45. The molecule has 0 unspecified atom stereocenters. The maximum Gasteiger partial charge on any atom is 0.272 e. The number of ether oxygens (including phenoxy) is 1. The van der Waals surface area contributed by atoms with Crippen LogP contribution in [0.2, 0.25) is 0 Å². The molecule has 0 saturated heterocycles. The third-order valence-electron chi connectivity index (χ3n) is 2.95. The molecule has 0 radical (unpaired) electrons. The zero-order valence-electron chi connectivity index (χ0n) is 12.0. The van der Waals surface area contributed by atoms with E-state index in [2.05, 4.69) is 10.3 Å². The third kappa shape index (κ3) is 4.00. The van der Waals surface area contributed by atoms with E-state index in [4.69, 9.17) is 4.74 Å². The molecule has 0 saturated carbocycles. The van der Waals surface area contributed by atoms with Crippen molar-refractivity contribution in [3.05, 3.63) is 57.9 Å². The highest BCUT2D eigenvalue weighted by Gasteiger charge is 2.11. The van der Waals surface area contributed by atoms with Crippen LogP contribution in [0.3, 0.4) is 0 Å². The van der Waals surface area contributed by atoms with Crippen molar-refractivity contribution in [1.29, 1.82) is 0 Å². The molecule has 1 N–H and O–H groups in total. The van der Waals surface area contributed by atoms with E-state index in [1.807, 2.05) is 13.0 Å². The Kier molecular flexibility index (Phi) is 4.84. The van der Waals surface area contributed by atoms with Crippen molar-refractivity contribution in [2.45, 2.75) is 20.4 Å². The molecule has 2 rings (SSSR count). The number of nitro groups is 1. The highest BCUT2D eigenvalue weighted by molar-refractivity contribution is 5.45. The number of pyridine rings is 1. The summed E-state index contributed by atoms with van der Waals surface area (Å²) < 4.78 is 5.70. The van der Waals surface area contributed by atoms with E-state index in [9.17, 15) is 10.1 Å². The first-order chi connectivity index (χ1) is 10.1. The molecule has 0 aliphatic heterocycles. The van der Waals surface area contributed by atoms with Gasteiger partial charge in [0.05, 0.1) is 11.1 Å². The summed E-state index contributed by atoms with van der Waals surface area (Å²) in [5, 5.41) is 14.0. The normalized spacial score (nSPS) is 10.4. The van der Waals surface area contributed by atoms with Gasteiger partial charge in [-0.15, -0.1) is 0 Å². The van der Waals surface area contributed by atoms with Gasteiger partial charge in [-0.3, -0.25) is 15.1 Å². The summed E-state index contributed by atoms with van der Waals surface area (Å²) in [7, 11) is 0. The number of benzene rings is 1. The van der Waals surface area contributed by atoms with E-state index in [-0.39, 0.29) is 5.69 Å². The van der Waals surface area contributed by atoms with Gasteiger partial charge >= 0.3 is 0 Å². The Bertz CT molecular complexity index is 644. The second-order valence-corrected chi connectivity index (χ2v) is 4.62. The summed E-state index contributed by atoms with van der Waals surface area (Å²) in [4.78, 5) is 14.5. The van der Waals surface area contributed by atoms with Gasteiger partial charge in [-0.2, -0.15) is 0 Å². The summed E-state index contributed by atoms with van der Waals surface area (Å²) in [6.07, 6.45) is 3.39. The number of aryl methyl sites for hydroxylation is 1. The summed E-state index contributed by atoms with van der Waals surface area (Å²) in [6.45, 7) is 5.32. The molecule has 0 atom stereocenters. The van der Waals surface area contributed by atoms with Crippen molar-refractivity contribution in [1.82, 2.24) is 10.3 Å². The van der Waals surface area contributed by atoms with Crippen molar-refractivity contribution >= 4 is 5.69 Å². The van der Waals surface area contributed by atoms with Crippen molar-refractivity contribution in [3.63, 3.8) is 0 Å². The predicted molar refractivity (Wildman–Crippen MR) is 79.5 cm³/mol. The van der Waals surface area contributed by atoms with Gasteiger partial charge in [0.15, 0.2) is 0 Å². The maximum atomic E-state index is 10.8. The van der Waals surface area contributed by atoms with E-state index >= 15 is 0 Å². The SMILES string of the molecule is CCNCc1cncc(Oc2ccc([N+](=O)[O-])c(C)c2)c1. The first kappa shape index (κ1) is 14.9. The van der Waals surface area contributed by atoms with Gasteiger partial charge in [-0.1, -0.05) is 6.92 Å². The lowest BCUT2D eigenvalue weighted by Gasteiger charge is -2.08. The molecule has 2 aromatic rings. The summed E-state index contributed by atoms with van der Waals surface area (Å²) in [5.74, 6) is 1.17. The zero-order chi connectivity index (χ0) is 15.2. The molecule has 110 valence electrons. The van der Waals surface area contributed by atoms with E-state index in [0.717, 1.165) is 18.7 Å². The predicted octanol–water partition coefficient (Wildman–Crippen LogP) is 3.20. The molecule has 21 heavy (non-hydrogen) atoms. The van der Waals surface area contributed by atoms with E-state index in [1.54, 1.807) is 31.5 Å². The number of aromatic nitrogens is 1. The fourth-order valence-electron chi connectivity index (χ4n) is 1.92. The van der Waals surface area contributed by atoms with Crippen LogP contribution in [0, 0.1) is 17.0 Å².